The molecular formula is C36H43ClFN7O5. The van der Waals surface area contributed by atoms with Gasteiger partial charge in [-0.25, -0.2) is 9.37 Å². The molecule has 3 atom stereocenters. The fourth-order valence-corrected chi connectivity index (χ4v) is 9.35. The molecule has 9 rings (SSSR count). The number of H-pyrrole nitrogens is 1. The number of likely N-dealkylation sites (tertiary alicyclic amines) is 1. The molecule has 0 unspecified atom stereocenters. The minimum atomic E-state index is -1.17. The van der Waals surface area contributed by atoms with Crippen molar-refractivity contribution < 1.29 is 28.4 Å². The lowest BCUT2D eigenvalue weighted by Crippen LogP contribution is -2.60. The lowest BCUT2D eigenvalue weighted by molar-refractivity contribution is -0.115. The van der Waals surface area contributed by atoms with Crippen LogP contribution < -0.4 is 14.4 Å². The van der Waals surface area contributed by atoms with E-state index in [1.165, 1.54) is 7.11 Å². The summed E-state index contributed by atoms with van der Waals surface area (Å²) in [5.41, 5.74) is 1.04. The molecule has 5 fully saturated rings. The fraction of sp³-hybridized carbons (Fsp3) is 0.611. The van der Waals surface area contributed by atoms with Gasteiger partial charge < -0.3 is 29.0 Å². The van der Waals surface area contributed by atoms with Crippen LogP contribution in [0.2, 0.25) is 5.02 Å². The second kappa shape index (κ2) is 12.4. The first-order chi connectivity index (χ1) is 24.2. The number of fused-ring (bicyclic) bond motifs is 3. The highest BCUT2D eigenvalue weighted by molar-refractivity contribution is 6.33. The summed E-state index contributed by atoms with van der Waals surface area (Å²) < 4.78 is 41.2. The zero-order valence-corrected chi connectivity index (χ0v) is 29.3. The highest BCUT2D eigenvalue weighted by atomic mass is 35.5. The van der Waals surface area contributed by atoms with E-state index >= 15 is 4.39 Å². The molecular weight excluding hydrogens is 665 g/mol. The second-order valence-electron chi connectivity index (χ2n) is 15.2. The molecule has 2 saturated carbocycles. The van der Waals surface area contributed by atoms with Crippen LogP contribution >= 0.6 is 11.6 Å². The van der Waals surface area contributed by atoms with Gasteiger partial charge in [0.05, 0.1) is 64.4 Å². The van der Waals surface area contributed by atoms with Gasteiger partial charge in [-0.05, 0) is 69.5 Å². The molecule has 50 heavy (non-hydrogen) atoms. The standard InChI is InChI=1S/C36H43ClFN7O5/c1-35(46)17-44(11-12-48-18-35)32-28-31(41-34(42-32)50-19-36-8-3-5-25(36)45(10-4-9-36)21-15-49-16-21)29(38)30(40-33(28)47-2)27-22-14-39-43-24(22)13-23(37)26(27)20-6-7-20/h13-14,20-21,25,46H,3-12,15-19H2,1-2H3,(H,39,43)/t25-,35+,36-/m1/s1. The fourth-order valence-electron chi connectivity index (χ4n) is 8.99. The molecule has 2 N–H and O–H groups in total. The number of rotatable bonds is 8. The average molecular weight is 708 g/mol. The van der Waals surface area contributed by atoms with Gasteiger partial charge in [0.15, 0.2) is 5.82 Å². The van der Waals surface area contributed by atoms with Gasteiger partial charge in [0.25, 0.3) is 0 Å². The van der Waals surface area contributed by atoms with Gasteiger partial charge in [0, 0.05) is 34.0 Å². The minimum absolute atomic E-state index is 0.0346. The van der Waals surface area contributed by atoms with Crippen molar-refractivity contribution in [2.45, 2.75) is 75.5 Å². The number of aromatic amines is 1. The number of β-amino-alcohol motifs (C(OH)–C–C–N with tert-alkyl or cyclic N) is 1. The number of ether oxygens (including phenoxy) is 4. The number of piperidine rings is 1. The zero-order chi connectivity index (χ0) is 34.2. The molecule has 14 heteroatoms. The van der Waals surface area contributed by atoms with Crippen molar-refractivity contribution >= 4 is 39.2 Å². The summed E-state index contributed by atoms with van der Waals surface area (Å²) in [5.74, 6) is 0.120. The van der Waals surface area contributed by atoms with Crippen molar-refractivity contribution in [1.82, 2.24) is 30.0 Å². The van der Waals surface area contributed by atoms with E-state index in [-0.39, 0.29) is 47.6 Å². The number of aromatic nitrogens is 5. The number of nitrogens with zero attached hydrogens (tertiary/aromatic N) is 6. The molecule has 3 aromatic heterocycles. The zero-order valence-electron chi connectivity index (χ0n) is 28.5. The number of pyridine rings is 1. The summed E-state index contributed by atoms with van der Waals surface area (Å²) in [6.45, 7) is 5.92. The number of benzene rings is 1. The Labute approximate surface area is 294 Å². The molecule has 2 aliphatic carbocycles. The summed E-state index contributed by atoms with van der Waals surface area (Å²) in [6.07, 6.45) is 9.07. The maximum atomic E-state index is 17.4. The van der Waals surface area contributed by atoms with Crippen molar-refractivity contribution in [2.75, 3.05) is 64.7 Å². The van der Waals surface area contributed by atoms with E-state index < -0.39 is 11.4 Å². The number of anilines is 1. The topological polar surface area (TPSA) is 131 Å². The first kappa shape index (κ1) is 32.5. The largest absolute Gasteiger partial charge is 0.480 e. The average Bonchev–Trinajstić information content (AvgIpc) is 3.69. The SMILES string of the molecule is COc1nc(-c2c(C3CC3)c(Cl)cc3[nH]ncc23)c(F)c2nc(OC[C@]34CCC[C@H]3N(C3COC3)CCC4)nc(N3CCOC[C@@](C)(O)C3)c12. The number of hydrogen-bond donors (Lipinski definition) is 2. The molecule has 1 aromatic carbocycles. The molecule has 0 spiro atoms. The van der Waals surface area contributed by atoms with E-state index in [0.717, 1.165) is 75.7 Å². The van der Waals surface area contributed by atoms with Crippen LogP contribution in [0.25, 0.3) is 33.1 Å². The summed E-state index contributed by atoms with van der Waals surface area (Å²) in [5, 5.41) is 20.0. The quantitative estimate of drug-likeness (QED) is 0.249. The molecule has 6 heterocycles. The van der Waals surface area contributed by atoms with Crippen LogP contribution in [0.4, 0.5) is 10.2 Å². The number of aliphatic hydroxyl groups is 1. The van der Waals surface area contributed by atoms with Crippen LogP contribution in [0.5, 0.6) is 11.9 Å². The molecule has 3 aliphatic heterocycles. The first-order valence-corrected chi connectivity index (χ1v) is 18.3. The van der Waals surface area contributed by atoms with E-state index in [1.807, 2.05) is 11.0 Å². The Balaban J connectivity index is 1.19. The first-order valence-electron chi connectivity index (χ1n) is 17.9. The number of halogens is 2. The van der Waals surface area contributed by atoms with Crippen LogP contribution in [-0.2, 0) is 9.47 Å². The lowest BCUT2D eigenvalue weighted by Gasteiger charge is -2.51. The van der Waals surface area contributed by atoms with Crippen LogP contribution in [0.15, 0.2) is 12.3 Å². The third kappa shape index (κ3) is 5.47. The Morgan fingerprint density at radius 2 is 1.96 bits per heavy atom. The molecule has 0 radical (unpaired) electrons. The van der Waals surface area contributed by atoms with Crippen molar-refractivity contribution in [3.8, 4) is 23.1 Å². The van der Waals surface area contributed by atoms with Crippen LogP contribution in [0.3, 0.4) is 0 Å². The Morgan fingerprint density at radius 1 is 1.12 bits per heavy atom. The Bertz CT molecular complexity index is 1950. The van der Waals surface area contributed by atoms with Crippen LogP contribution in [0, 0.1) is 11.2 Å². The predicted octanol–water partition coefficient (Wildman–Crippen LogP) is 5.25. The van der Waals surface area contributed by atoms with Crippen LogP contribution in [-0.4, -0.2) is 113 Å². The maximum Gasteiger partial charge on any atom is 0.319 e. The van der Waals surface area contributed by atoms with Gasteiger partial charge in [-0.15, -0.1) is 0 Å². The Hall–Kier alpha value is -3.36. The summed E-state index contributed by atoms with van der Waals surface area (Å²) in [6, 6.07) is 2.79. The van der Waals surface area contributed by atoms with Gasteiger partial charge in [0.1, 0.15) is 28.0 Å². The number of nitrogens with one attached hydrogen (secondary N) is 1. The van der Waals surface area contributed by atoms with E-state index in [0.29, 0.717) is 59.1 Å². The van der Waals surface area contributed by atoms with Crippen molar-refractivity contribution in [3.63, 3.8) is 0 Å². The Morgan fingerprint density at radius 3 is 2.74 bits per heavy atom. The molecule has 3 saturated heterocycles. The smallest absolute Gasteiger partial charge is 0.319 e. The van der Waals surface area contributed by atoms with Gasteiger partial charge in [-0.1, -0.05) is 18.0 Å². The molecule has 266 valence electrons. The second-order valence-corrected chi connectivity index (χ2v) is 15.6. The van der Waals surface area contributed by atoms with Crippen molar-refractivity contribution in [2.24, 2.45) is 5.41 Å². The van der Waals surface area contributed by atoms with E-state index in [1.54, 1.807) is 13.1 Å². The van der Waals surface area contributed by atoms with Gasteiger partial charge in [-0.2, -0.15) is 15.1 Å². The minimum Gasteiger partial charge on any atom is -0.480 e. The van der Waals surface area contributed by atoms with Crippen molar-refractivity contribution in [3.05, 3.63) is 28.7 Å². The monoisotopic (exact) mass is 707 g/mol. The lowest BCUT2D eigenvalue weighted by atomic mass is 9.75. The normalized spacial score (nSPS) is 27.8. The molecule has 0 amide bonds. The van der Waals surface area contributed by atoms with E-state index in [9.17, 15) is 5.11 Å². The highest BCUT2D eigenvalue weighted by Gasteiger charge is 2.51. The summed E-state index contributed by atoms with van der Waals surface area (Å²) in [7, 11) is 1.51. The third-order valence-electron chi connectivity index (χ3n) is 11.5. The van der Waals surface area contributed by atoms with Crippen molar-refractivity contribution in [1.29, 1.82) is 0 Å². The molecule has 5 aliphatic rings. The third-order valence-corrected chi connectivity index (χ3v) is 11.9. The summed E-state index contributed by atoms with van der Waals surface area (Å²) >= 11 is 6.86. The molecule has 0 bridgehead atoms. The summed E-state index contributed by atoms with van der Waals surface area (Å²) in [4.78, 5) is 19.1. The van der Waals surface area contributed by atoms with Gasteiger partial charge >= 0.3 is 6.01 Å². The van der Waals surface area contributed by atoms with E-state index in [2.05, 4.69) is 15.1 Å². The number of hydrogen-bond acceptors (Lipinski definition) is 11. The predicted molar refractivity (Wildman–Crippen MR) is 186 cm³/mol. The molecule has 4 aromatic rings. The van der Waals surface area contributed by atoms with E-state index in [4.69, 9.17) is 45.5 Å². The maximum absolute atomic E-state index is 17.4. The number of methoxy groups -OCH3 is 1. The highest BCUT2D eigenvalue weighted by Crippen LogP contribution is 2.52. The Kier molecular flexibility index (Phi) is 8.07. The van der Waals surface area contributed by atoms with Gasteiger partial charge in [0.2, 0.25) is 5.88 Å². The molecule has 12 nitrogen and oxygen atoms in total. The van der Waals surface area contributed by atoms with Crippen LogP contribution in [0.1, 0.15) is 63.4 Å². The van der Waals surface area contributed by atoms with Gasteiger partial charge in [-0.3, -0.25) is 10.00 Å².